The molecule has 1 N–H and O–H groups in total. The summed E-state index contributed by atoms with van der Waals surface area (Å²) < 4.78 is 0. The molecule has 2 heteroatoms. The molecule has 0 unspecified atom stereocenters. The molecule has 19 heavy (non-hydrogen) atoms. The highest BCUT2D eigenvalue weighted by molar-refractivity contribution is 5.76. The Morgan fingerprint density at radius 1 is 0.895 bits per heavy atom. The van der Waals surface area contributed by atoms with Gasteiger partial charge in [0.2, 0.25) is 0 Å². The lowest BCUT2D eigenvalue weighted by Gasteiger charge is -2.27. The lowest BCUT2D eigenvalue weighted by molar-refractivity contribution is 0.824. The van der Waals surface area contributed by atoms with Crippen molar-refractivity contribution in [1.29, 1.82) is 0 Å². The SMILES string of the molecule is c1ccc2c(c1)CCN2c1cccc2c1CCCN2. The zero-order valence-electron chi connectivity index (χ0n) is 11.0. The molecule has 0 atom stereocenters. The molecular formula is C17H18N2. The largest absolute Gasteiger partial charge is 0.385 e. The van der Waals surface area contributed by atoms with E-state index in [9.17, 15) is 0 Å². The number of hydrogen-bond donors (Lipinski definition) is 1. The number of anilines is 3. The molecule has 0 amide bonds. The zero-order chi connectivity index (χ0) is 12.7. The van der Waals surface area contributed by atoms with Crippen molar-refractivity contribution in [3.8, 4) is 0 Å². The van der Waals surface area contributed by atoms with Gasteiger partial charge in [-0.1, -0.05) is 24.3 Å². The van der Waals surface area contributed by atoms with E-state index in [0.29, 0.717) is 0 Å². The Bertz CT molecular complexity index is 618. The molecule has 0 spiro atoms. The number of nitrogens with one attached hydrogen (secondary N) is 1. The van der Waals surface area contributed by atoms with Gasteiger partial charge in [-0.2, -0.15) is 0 Å². The van der Waals surface area contributed by atoms with E-state index in [2.05, 4.69) is 52.7 Å². The fourth-order valence-electron chi connectivity index (χ4n) is 3.33. The molecule has 0 saturated heterocycles. The third kappa shape index (κ3) is 1.71. The highest BCUT2D eigenvalue weighted by Crippen LogP contribution is 2.39. The third-order valence-electron chi connectivity index (χ3n) is 4.25. The van der Waals surface area contributed by atoms with Crippen molar-refractivity contribution in [3.05, 3.63) is 53.6 Å². The normalized spacial score (nSPS) is 16.7. The van der Waals surface area contributed by atoms with Crippen LogP contribution in [-0.4, -0.2) is 13.1 Å². The molecule has 2 aromatic carbocycles. The Labute approximate surface area is 114 Å². The Morgan fingerprint density at radius 2 is 1.79 bits per heavy atom. The van der Waals surface area contributed by atoms with Gasteiger partial charge in [0.25, 0.3) is 0 Å². The molecule has 0 aliphatic carbocycles. The fourth-order valence-corrected chi connectivity index (χ4v) is 3.33. The van der Waals surface area contributed by atoms with E-state index in [1.165, 1.54) is 41.0 Å². The van der Waals surface area contributed by atoms with Crippen molar-refractivity contribution in [2.75, 3.05) is 23.3 Å². The van der Waals surface area contributed by atoms with E-state index in [1.807, 2.05) is 0 Å². The van der Waals surface area contributed by atoms with Gasteiger partial charge >= 0.3 is 0 Å². The van der Waals surface area contributed by atoms with E-state index in [4.69, 9.17) is 0 Å². The van der Waals surface area contributed by atoms with Gasteiger partial charge in [0, 0.05) is 30.2 Å². The quantitative estimate of drug-likeness (QED) is 0.829. The lowest BCUT2D eigenvalue weighted by atomic mass is 10.0. The molecule has 2 aliphatic rings. The first-order chi connectivity index (χ1) is 9.43. The average Bonchev–Trinajstić information content (AvgIpc) is 2.90. The van der Waals surface area contributed by atoms with Gasteiger partial charge in [0.15, 0.2) is 0 Å². The van der Waals surface area contributed by atoms with Crippen LogP contribution in [0.1, 0.15) is 17.5 Å². The molecule has 4 rings (SSSR count). The molecule has 0 bridgehead atoms. The zero-order valence-corrected chi connectivity index (χ0v) is 11.0. The van der Waals surface area contributed by atoms with Crippen LogP contribution in [0.15, 0.2) is 42.5 Å². The van der Waals surface area contributed by atoms with Crippen LogP contribution in [0, 0.1) is 0 Å². The fraction of sp³-hybridized carbons (Fsp3) is 0.294. The van der Waals surface area contributed by atoms with Crippen molar-refractivity contribution in [3.63, 3.8) is 0 Å². The smallest absolute Gasteiger partial charge is 0.0464 e. The van der Waals surface area contributed by atoms with E-state index in [0.717, 1.165) is 19.5 Å². The van der Waals surface area contributed by atoms with Gasteiger partial charge in [-0.15, -0.1) is 0 Å². The summed E-state index contributed by atoms with van der Waals surface area (Å²) in [5.41, 5.74) is 7.08. The summed E-state index contributed by atoms with van der Waals surface area (Å²) in [5, 5.41) is 3.52. The minimum absolute atomic E-state index is 1.10. The molecular weight excluding hydrogens is 232 g/mol. The number of para-hydroxylation sites is 1. The topological polar surface area (TPSA) is 15.3 Å². The van der Waals surface area contributed by atoms with Crippen LogP contribution in [-0.2, 0) is 12.8 Å². The maximum Gasteiger partial charge on any atom is 0.0464 e. The molecule has 0 radical (unpaired) electrons. The highest BCUT2D eigenvalue weighted by Gasteiger charge is 2.23. The predicted octanol–water partition coefficient (Wildman–Crippen LogP) is 3.74. The van der Waals surface area contributed by atoms with Crippen LogP contribution in [0.2, 0.25) is 0 Å². The number of nitrogens with zero attached hydrogens (tertiary/aromatic N) is 1. The third-order valence-corrected chi connectivity index (χ3v) is 4.25. The number of hydrogen-bond acceptors (Lipinski definition) is 2. The van der Waals surface area contributed by atoms with Gasteiger partial charge in [-0.25, -0.2) is 0 Å². The van der Waals surface area contributed by atoms with Crippen LogP contribution in [0.5, 0.6) is 0 Å². The van der Waals surface area contributed by atoms with Gasteiger partial charge in [0.05, 0.1) is 0 Å². The predicted molar refractivity (Wildman–Crippen MR) is 80.4 cm³/mol. The molecule has 2 aliphatic heterocycles. The molecule has 2 heterocycles. The summed E-state index contributed by atoms with van der Waals surface area (Å²) in [6.07, 6.45) is 3.59. The monoisotopic (exact) mass is 250 g/mol. The molecule has 2 aromatic rings. The Balaban J connectivity index is 1.82. The van der Waals surface area contributed by atoms with Gasteiger partial charge < -0.3 is 10.2 Å². The van der Waals surface area contributed by atoms with E-state index in [1.54, 1.807) is 0 Å². The summed E-state index contributed by atoms with van der Waals surface area (Å²) in [6.45, 7) is 2.21. The van der Waals surface area contributed by atoms with E-state index >= 15 is 0 Å². The first-order valence-corrected chi connectivity index (χ1v) is 7.15. The van der Waals surface area contributed by atoms with Crippen LogP contribution < -0.4 is 10.2 Å². The summed E-state index contributed by atoms with van der Waals surface area (Å²) in [5.74, 6) is 0. The van der Waals surface area contributed by atoms with Gasteiger partial charge in [-0.05, 0) is 48.6 Å². The Kier molecular flexibility index (Phi) is 2.47. The number of benzene rings is 2. The van der Waals surface area contributed by atoms with Crippen molar-refractivity contribution in [2.24, 2.45) is 0 Å². The minimum Gasteiger partial charge on any atom is -0.385 e. The lowest BCUT2D eigenvalue weighted by Crippen LogP contribution is -2.19. The van der Waals surface area contributed by atoms with Gasteiger partial charge in [0.1, 0.15) is 0 Å². The molecule has 96 valence electrons. The van der Waals surface area contributed by atoms with Crippen LogP contribution in [0.4, 0.5) is 17.1 Å². The van der Waals surface area contributed by atoms with Crippen molar-refractivity contribution in [1.82, 2.24) is 0 Å². The van der Waals surface area contributed by atoms with Crippen molar-refractivity contribution in [2.45, 2.75) is 19.3 Å². The second-order valence-electron chi connectivity index (χ2n) is 5.36. The van der Waals surface area contributed by atoms with Crippen molar-refractivity contribution >= 4 is 17.1 Å². The minimum atomic E-state index is 1.10. The molecule has 2 nitrogen and oxygen atoms in total. The first kappa shape index (κ1) is 10.9. The second kappa shape index (κ2) is 4.30. The average molecular weight is 250 g/mol. The van der Waals surface area contributed by atoms with Gasteiger partial charge in [-0.3, -0.25) is 0 Å². The van der Waals surface area contributed by atoms with E-state index < -0.39 is 0 Å². The van der Waals surface area contributed by atoms with Crippen LogP contribution >= 0.6 is 0 Å². The summed E-state index contributed by atoms with van der Waals surface area (Å²) in [6, 6.07) is 15.4. The van der Waals surface area contributed by atoms with Crippen LogP contribution in [0.25, 0.3) is 0 Å². The summed E-state index contributed by atoms with van der Waals surface area (Å²) >= 11 is 0. The highest BCUT2D eigenvalue weighted by atomic mass is 15.2. The van der Waals surface area contributed by atoms with E-state index in [-0.39, 0.29) is 0 Å². The first-order valence-electron chi connectivity index (χ1n) is 7.15. The Morgan fingerprint density at radius 3 is 2.79 bits per heavy atom. The second-order valence-corrected chi connectivity index (χ2v) is 5.36. The number of rotatable bonds is 1. The number of fused-ring (bicyclic) bond motifs is 2. The van der Waals surface area contributed by atoms with Crippen molar-refractivity contribution < 1.29 is 0 Å². The molecule has 0 aromatic heterocycles. The maximum absolute atomic E-state index is 3.52. The molecule has 0 saturated carbocycles. The van der Waals surface area contributed by atoms with Crippen LogP contribution in [0.3, 0.4) is 0 Å². The maximum atomic E-state index is 3.52. The standard InChI is InChI=1S/C17H18N2/c1-2-8-16-13(5-1)10-12-19(16)17-9-3-7-15-14(17)6-4-11-18-15/h1-3,5,7-9,18H,4,6,10-12H2. The summed E-state index contributed by atoms with van der Waals surface area (Å²) in [7, 11) is 0. The summed E-state index contributed by atoms with van der Waals surface area (Å²) in [4.78, 5) is 2.49. The Hall–Kier alpha value is -1.96. The molecule has 0 fully saturated rings.